The summed E-state index contributed by atoms with van der Waals surface area (Å²) in [7, 11) is 0. The molecule has 8 aromatic rings. The maximum absolute atomic E-state index is 2.39. The standard InChI is InChI=1S/C65H59N/c1-44-8-22-51(23-9-44)62(52-24-10-45(2)11-25-52)64(55-30-16-48(5)17-31-55)57-34-40-60(41-35-57)66(59-38-20-50(7)21-39-59)61-42-36-58(37-43-61)65(56-32-18-49(6)19-33-56)63(53-26-12-46(3)13-27-53)54-28-14-47(4)15-29-54/h8-14,16-28,30-43H,15,29H2,1-7H3. The molecule has 0 spiro atoms. The van der Waals surface area contributed by atoms with Gasteiger partial charge in [0.25, 0.3) is 0 Å². The summed E-state index contributed by atoms with van der Waals surface area (Å²) in [6.45, 7) is 15.2. The van der Waals surface area contributed by atoms with Crippen molar-refractivity contribution in [3.8, 4) is 0 Å². The molecule has 9 rings (SSSR count). The molecule has 0 N–H and O–H groups in total. The van der Waals surface area contributed by atoms with E-state index >= 15 is 0 Å². The maximum Gasteiger partial charge on any atom is 0.0462 e. The molecule has 0 fully saturated rings. The van der Waals surface area contributed by atoms with Crippen molar-refractivity contribution in [2.75, 3.05) is 4.90 Å². The van der Waals surface area contributed by atoms with Crippen LogP contribution in [0.5, 0.6) is 0 Å². The molecular weight excluding hydrogens is 795 g/mol. The van der Waals surface area contributed by atoms with Gasteiger partial charge in [-0.15, -0.1) is 0 Å². The highest BCUT2D eigenvalue weighted by Crippen LogP contribution is 2.43. The maximum atomic E-state index is 2.39. The molecule has 0 bridgehead atoms. The molecule has 0 radical (unpaired) electrons. The van der Waals surface area contributed by atoms with E-state index in [2.05, 4.69) is 260 Å². The molecule has 0 unspecified atom stereocenters. The van der Waals surface area contributed by atoms with Gasteiger partial charge in [0.2, 0.25) is 0 Å². The molecule has 8 aromatic carbocycles. The van der Waals surface area contributed by atoms with Crippen LogP contribution in [0.3, 0.4) is 0 Å². The minimum atomic E-state index is 1.01. The highest BCUT2D eigenvalue weighted by molar-refractivity contribution is 6.06. The van der Waals surface area contributed by atoms with Crippen molar-refractivity contribution in [3.63, 3.8) is 0 Å². The smallest absolute Gasteiger partial charge is 0.0462 e. The fourth-order valence-corrected chi connectivity index (χ4v) is 9.10. The van der Waals surface area contributed by atoms with Crippen LogP contribution in [0.1, 0.15) is 92.1 Å². The third-order valence-electron chi connectivity index (χ3n) is 13.0. The highest BCUT2D eigenvalue weighted by atomic mass is 15.1. The van der Waals surface area contributed by atoms with Gasteiger partial charge in [0.05, 0.1) is 0 Å². The van der Waals surface area contributed by atoms with Gasteiger partial charge in [-0.05, 0) is 165 Å². The number of rotatable bonds is 11. The predicted molar refractivity (Wildman–Crippen MR) is 284 cm³/mol. The van der Waals surface area contributed by atoms with E-state index in [9.17, 15) is 0 Å². The van der Waals surface area contributed by atoms with Gasteiger partial charge in [0, 0.05) is 17.1 Å². The Bertz CT molecular complexity index is 3030. The third kappa shape index (κ3) is 9.63. The lowest BCUT2D eigenvalue weighted by atomic mass is 9.82. The second-order valence-corrected chi connectivity index (χ2v) is 18.3. The molecule has 0 saturated carbocycles. The Morgan fingerprint density at radius 2 is 0.485 bits per heavy atom. The first kappa shape index (κ1) is 43.8. The first-order valence-corrected chi connectivity index (χ1v) is 23.4. The summed E-state index contributed by atoms with van der Waals surface area (Å²) < 4.78 is 0. The van der Waals surface area contributed by atoms with Crippen molar-refractivity contribution in [1.82, 2.24) is 0 Å². The lowest BCUT2D eigenvalue weighted by molar-refractivity contribution is 0.932. The number of anilines is 3. The zero-order chi connectivity index (χ0) is 45.7. The van der Waals surface area contributed by atoms with Crippen LogP contribution in [0.4, 0.5) is 17.1 Å². The Hall–Kier alpha value is -7.48. The van der Waals surface area contributed by atoms with E-state index in [0.717, 1.165) is 35.5 Å². The largest absolute Gasteiger partial charge is 0.311 e. The van der Waals surface area contributed by atoms with Crippen molar-refractivity contribution in [1.29, 1.82) is 0 Å². The van der Waals surface area contributed by atoms with E-state index in [1.165, 1.54) is 100 Å². The van der Waals surface area contributed by atoms with Crippen LogP contribution in [0.2, 0.25) is 0 Å². The van der Waals surface area contributed by atoms with Crippen molar-refractivity contribution in [2.45, 2.75) is 61.3 Å². The Kier molecular flexibility index (Phi) is 12.8. The predicted octanol–water partition coefficient (Wildman–Crippen LogP) is 17.6. The van der Waals surface area contributed by atoms with E-state index in [1.54, 1.807) is 0 Å². The minimum Gasteiger partial charge on any atom is -0.311 e. The Morgan fingerprint density at radius 1 is 0.258 bits per heavy atom. The average Bonchev–Trinajstić information content (AvgIpc) is 3.34. The highest BCUT2D eigenvalue weighted by Gasteiger charge is 2.22. The zero-order valence-corrected chi connectivity index (χ0v) is 39.5. The van der Waals surface area contributed by atoms with E-state index in [0.29, 0.717) is 0 Å². The fraction of sp³-hybridized carbons (Fsp3) is 0.138. The molecule has 1 heteroatoms. The van der Waals surface area contributed by atoms with E-state index in [4.69, 9.17) is 0 Å². The second kappa shape index (κ2) is 19.3. The molecule has 0 atom stereocenters. The Morgan fingerprint density at radius 3 is 0.758 bits per heavy atom. The molecule has 0 heterocycles. The van der Waals surface area contributed by atoms with Gasteiger partial charge >= 0.3 is 0 Å². The molecule has 1 nitrogen and oxygen atoms in total. The number of nitrogens with zero attached hydrogens (tertiary/aromatic N) is 1. The number of aryl methyl sites for hydroxylation is 6. The van der Waals surface area contributed by atoms with E-state index in [-0.39, 0.29) is 0 Å². The number of benzene rings is 8. The van der Waals surface area contributed by atoms with Gasteiger partial charge in [-0.25, -0.2) is 0 Å². The quantitative estimate of drug-likeness (QED) is 0.117. The summed E-state index contributed by atoms with van der Waals surface area (Å²) in [5.41, 5.74) is 27.0. The van der Waals surface area contributed by atoms with Crippen LogP contribution in [0.15, 0.2) is 217 Å². The number of allylic oxidation sites excluding steroid dienone is 5. The Labute approximate surface area is 393 Å². The summed E-state index contributed by atoms with van der Waals surface area (Å²) in [6.07, 6.45) is 6.73. The molecule has 0 aromatic heterocycles. The first-order valence-electron chi connectivity index (χ1n) is 23.4. The first-order chi connectivity index (χ1) is 32.1. The van der Waals surface area contributed by atoms with Crippen molar-refractivity contribution in [3.05, 3.63) is 290 Å². The molecule has 0 saturated heterocycles. The molecule has 66 heavy (non-hydrogen) atoms. The molecule has 324 valence electrons. The number of hydrogen-bond acceptors (Lipinski definition) is 1. The van der Waals surface area contributed by atoms with Gasteiger partial charge in [0.15, 0.2) is 0 Å². The summed E-state index contributed by atoms with van der Waals surface area (Å²) in [6, 6.07) is 72.4. The number of hydrogen-bond donors (Lipinski definition) is 0. The monoisotopic (exact) mass is 853 g/mol. The van der Waals surface area contributed by atoms with Crippen molar-refractivity contribution >= 4 is 39.4 Å². The van der Waals surface area contributed by atoms with Crippen LogP contribution in [0.25, 0.3) is 22.3 Å². The SMILES string of the molecule is CC1=CC=C(C(=C(c2ccc(C)cc2)c2ccc(N(c3ccc(C)cc3)c3ccc(C(=C(c4ccc(C)cc4)c4ccc(C)cc4)c4ccc(C)cc4)cc3)cc2)c2ccc(C)cc2)CC1. The van der Waals surface area contributed by atoms with Gasteiger partial charge in [-0.3, -0.25) is 0 Å². The summed E-state index contributed by atoms with van der Waals surface area (Å²) >= 11 is 0. The second-order valence-electron chi connectivity index (χ2n) is 18.3. The molecular formula is C65H59N. The van der Waals surface area contributed by atoms with Crippen LogP contribution in [0, 0.1) is 41.5 Å². The Balaban J connectivity index is 1.20. The molecule has 0 aliphatic heterocycles. The van der Waals surface area contributed by atoms with Gasteiger partial charge < -0.3 is 4.90 Å². The lowest BCUT2D eigenvalue weighted by Gasteiger charge is -2.27. The minimum absolute atomic E-state index is 1.01. The van der Waals surface area contributed by atoms with E-state index in [1.807, 2.05) is 0 Å². The summed E-state index contributed by atoms with van der Waals surface area (Å²) in [5, 5.41) is 0. The van der Waals surface area contributed by atoms with Crippen LogP contribution >= 0.6 is 0 Å². The average molecular weight is 854 g/mol. The van der Waals surface area contributed by atoms with Crippen molar-refractivity contribution < 1.29 is 0 Å². The molecule has 1 aliphatic carbocycles. The van der Waals surface area contributed by atoms with Gasteiger partial charge in [-0.2, -0.15) is 0 Å². The summed E-state index contributed by atoms with van der Waals surface area (Å²) in [5.74, 6) is 0. The zero-order valence-electron chi connectivity index (χ0n) is 39.5. The van der Waals surface area contributed by atoms with Crippen LogP contribution < -0.4 is 4.90 Å². The van der Waals surface area contributed by atoms with E-state index < -0.39 is 0 Å². The molecule has 0 amide bonds. The topological polar surface area (TPSA) is 3.24 Å². The van der Waals surface area contributed by atoms with Gasteiger partial charge in [-0.1, -0.05) is 209 Å². The summed E-state index contributed by atoms with van der Waals surface area (Å²) in [4.78, 5) is 2.39. The lowest BCUT2D eigenvalue weighted by Crippen LogP contribution is -2.10. The van der Waals surface area contributed by atoms with Crippen LogP contribution in [-0.2, 0) is 0 Å². The van der Waals surface area contributed by atoms with Crippen LogP contribution in [-0.4, -0.2) is 0 Å². The fourth-order valence-electron chi connectivity index (χ4n) is 9.10. The van der Waals surface area contributed by atoms with Gasteiger partial charge in [0.1, 0.15) is 0 Å². The normalized spacial score (nSPS) is 12.8. The third-order valence-corrected chi connectivity index (χ3v) is 13.0. The van der Waals surface area contributed by atoms with Crippen molar-refractivity contribution in [2.24, 2.45) is 0 Å². The molecule has 1 aliphatic rings.